The van der Waals surface area contributed by atoms with Crippen LogP contribution < -0.4 is 4.90 Å². The van der Waals surface area contributed by atoms with Crippen molar-refractivity contribution in [3.05, 3.63) is 64.3 Å². The summed E-state index contributed by atoms with van der Waals surface area (Å²) in [4.78, 5) is 16.9. The molecule has 0 aliphatic carbocycles. The van der Waals surface area contributed by atoms with E-state index < -0.39 is 4.92 Å². The number of hydrogen-bond donors (Lipinski definition) is 0. The number of nitro benzene ring substituents is 1. The van der Waals surface area contributed by atoms with Gasteiger partial charge in [-0.1, -0.05) is 6.07 Å². The van der Waals surface area contributed by atoms with Crippen molar-refractivity contribution in [3.63, 3.8) is 0 Å². The molecule has 3 rings (SSSR count). The van der Waals surface area contributed by atoms with Crippen molar-refractivity contribution in [1.29, 1.82) is 0 Å². The Hall–Kier alpha value is -2.96. The topological polar surface area (TPSA) is 74.9 Å². The van der Waals surface area contributed by atoms with Crippen LogP contribution in [0.2, 0.25) is 0 Å². The Morgan fingerprint density at radius 1 is 1.12 bits per heavy atom. The molecular formula is C17H19N5O2. The fourth-order valence-corrected chi connectivity index (χ4v) is 2.66. The predicted octanol–water partition coefficient (Wildman–Crippen LogP) is 2.54. The molecule has 1 saturated heterocycles. The van der Waals surface area contributed by atoms with Gasteiger partial charge in [-0.05, 0) is 36.8 Å². The highest BCUT2D eigenvalue weighted by atomic mass is 16.6. The van der Waals surface area contributed by atoms with E-state index in [0.29, 0.717) is 0 Å². The molecule has 2 aromatic rings. The molecule has 2 heterocycles. The van der Waals surface area contributed by atoms with Crippen LogP contribution in [0.4, 0.5) is 11.5 Å². The second kappa shape index (κ2) is 7.08. The number of anilines is 1. The zero-order valence-electron chi connectivity index (χ0n) is 13.5. The van der Waals surface area contributed by atoms with Crippen molar-refractivity contribution in [2.45, 2.75) is 6.92 Å². The van der Waals surface area contributed by atoms with E-state index in [1.54, 1.807) is 18.3 Å². The Balaban J connectivity index is 1.62. The molecule has 0 N–H and O–H groups in total. The number of benzene rings is 1. The van der Waals surface area contributed by atoms with Crippen LogP contribution in [-0.4, -0.2) is 46.8 Å². The van der Waals surface area contributed by atoms with Gasteiger partial charge in [0.2, 0.25) is 0 Å². The molecule has 1 aromatic heterocycles. The van der Waals surface area contributed by atoms with Crippen molar-refractivity contribution in [3.8, 4) is 0 Å². The molecule has 124 valence electrons. The minimum Gasteiger partial charge on any atom is -0.353 e. The zero-order valence-corrected chi connectivity index (χ0v) is 13.5. The maximum Gasteiger partial charge on any atom is 0.269 e. The van der Waals surface area contributed by atoms with E-state index >= 15 is 0 Å². The number of nitro groups is 1. The standard InChI is InChI=1S/C17H19N5O2/c1-14(15-5-7-16(8-6-15)22(23)24)19-21-12-10-20(11-13-21)17-4-2-3-9-18-17/h2-9H,10-13H2,1H3/b19-14+. The van der Waals surface area contributed by atoms with Gasteiger partial charge in [0, 0.05) is 31.4 Å². The highest BCUT2D eigenvalue weighted by molar-refractivity contribution is 5.98. The fraction of sp³-hybridized carbons (Fsp3) is 0.294. The molecular weight excluding hydrogens is 306 g/mol. The van der Waals surface area contributed by atoms with Gasteiger partial charge in [-0.2, -0.15) is 5.10 Å². The van der Waals surface area contributed by atoms with Gasteiger partial charge in [0.05, 0.1) is 23.7 Å². The Kier molecular flexibility index (Phi) is 4.69. The number of aromatic nitrogens is 1. The number of nitrogens with zero attached hydrogens (tertiary/aromatic N) is 5. The summed E-state index contributed by atoms with van der Waals surface area (Å²) in [5, 5.41) is 17.4. The van der Waals surface area contributed by atoms with Crippen LogP contribution in [0.5, 0.6) is 0 Å². The summed E-state index contributed by atoms with van der Waals surface area (Å²) in [5.41, 5.74) is 1.85. The Labute approximate surface area is 140 Å². The van der Waals surface area contributed by atoms with Crippen LogP contribution in [0.15, 0.2) is 53.8 Å². The van der Waals surface area contributed by atoms with Gasteiger partial charge >= 0.3 is 0 Å². The lowest BCUT2D eigenvalue weighted by Gasteiger charge is -2.34. The molecule has 1 aliphatic rings. The highest BCUT2D eigenvalue weighted by Gasteiger charge is 2.17. The van der Waals surface area contributed by atoms with Crippen LogP contribution >= 0.6 is 0 Å². The maximum atomic E-state index is 10.7. The Morgan fingerprint density at radius 3 is 2.42 bits per heavy atom. The van der Waals surface area contributed by atoms with Gasteiger partial charge in [0.15, 0.2) is 0 Å². The van der Waals surface area contributed by atoms with Gasteiger partial charge in [-0.25, -0.2) is 4.98 Å². The van der Waals surface area contributed by atoms with Crippen LogP contribution in [-0.2, 0) is 0 Å². The van der Waals surface area contributed by atoms with E-state index in [-0.39, 0.29) is 5.69 Å². The van der Waals surface area contributed by atoms with Crippen LogP contribution in [0, 0.1) is 10.1 Å². The first-order valence-corrected chi connectivity index (χ1v) is 7.84. The van der Waals surface area contributed by atoms with E-state index in [1.165, 1.54) is 12.1 Å². The average molecular weight is 325 g/mol. The Bertz CT molecular complexity index is 722. The number of rotatable bonds is 4. The van der Waals surface area contributed by atoms with Gasteiger partial charge in [0.1, 0.15) is 5.82 Å². The number of pyridine rings is 1. The summed E-state index contributed by atoms with van der Waals surface area (Å²) in [7, 11) is 0. The maximum absolute atomic E-state index is 10.7. The van der Waals surface area contributed by atoms with Crippen molar-refractivity contribution in [1.82, 2.24) is 9.99 Å². The monoisotopic (exact) mass is 325 g/mol. The van der Waals surface area contributed by atoms with Crippen LogP contribution in [0.3, 0.4) is 0 Å². The lowest BCUT2D eigenvalue weighted by atomic mass is 10.1. The minimum absolute atomic E-state index is 0.0931. The molecule has 1 aromatic carbocycles. The first-order valence-electron chi connectivity index (χ1n) is 7.84. The summed E-state index contributed by atoms with van der Waals surface area (Å²) in [6.45, 7) is 5.30. The summed E-state index contributed by atoms with van der Waals surface area (Å²) in [6, 6.07) is 12.4. The van der Waals surface area contributed by atoms with E-state index in [4.69, 9.17) is 0 Å². The van der Waals surface area contributed by atoms with Crippen molar-refractivity contribution < 1.29 is 4.92 Å². The van der Waals surface area contributed by atoms with Gasteiger partial charge in [-0.3, -0.25) is 15.1 Å². The van der Waals surface area contributed by atoms with Crippen LogP contribution in [0.25, 0.3) is 0 Å². The smallest absolute Gasteiger partial charge is 0.269 e. The van der Waals surface area contributed by atoms with Crippen molar-refractivity contribution in [2.24, 2.45) is 5.10 Å². The summed E-state index contributed by atoms with van der Waals surface area (Å²) in [5.74, 6) is 0.994. The summed E-state index contributed by atoms with van der Waals surface area (Å²) in [6.07, 6.45) is 1.80. The van der Waals surface area contributed by atoms with E-state index in [2.05, 4.69) is 15.0 Å². The molecule has 1 aliphatic heterocycles. The number of hydrazone groups is 1. The largest absolute Gasteiger partial charge is 0.353 e. The third kappa shape index (κ3) is 3.68. The Morgan fingerprint density at radius 2 is 1.83 bits per heavy atom. The van der Waals surface area contributed by atoms with Gasteiger partial charge < -0.3 is 4.90 Å². The molecule has 24 heavy (non-hydrogen) atoms. The summed E-state index contributed by atoms with van der Waals surface area (Å²) >= 11 is 0. The molecule has 0 unspecified atom stereocenters. The minimum atomic E-state index is -0.396. The molecule has 0 amide bonds. The molecule has 0 atom stereocenters. The average Bonchev–Trinajstić information content (AvgIpc) is 2.63. The first-order chi connectivity index (χ1) is 11.6. The molecule has 0 saturated carbocycles. The summed E-state index contributed by atoms with van der Waals surface area (Å²) < 4.78 is 0. The third-order valence-electron chi connectivity index (χ3n) is 4.02. The molecule has 0 bridgehead atoms. The molecule has 0 radical (unpaired) electrons. The lowest BCUT2D eigenvalue weighted by Crippen LogP contribution is -2.44. The molecule has 0 spiro atoms. The quantitative estimate of drug-likeness (QED) is 0.490. The highest BCUT2D eigenvalue weighted by Crippen LogP contribution is 2.15. The third-order valence-corrected chi connectivity index (χ3v) is 4.02. The SMILES string of the molecule is C/C(=N\N1CCN(c2ccccn2)CC1)c1ccc([N+](=O)[O-])cc1. The van der Waals surface area contributed by atoms with E-state index in [0.717, 1.165) is 43.3 Å². The van der Waals surface area contributed by atoms with Crippen LogP contribution in [0.1, 0.15) is 12.5 Å². The number of piperazine rings is 1. The lowest BCUT2D eigenvalue weighted by molar-refractivity contribution is -0.384. The second-order valence-corrected chi connectivity index (χ2v) is 5.62. The number of non-ortho nitro benzene ring substituents is 1. The van der Waals surface area contributed by atoms with Gasteiger partial charge in [-0.15, -0.1) is 0 Å². The van der Waals surface area contributed by atoms with E-state index in [9.17, 15) is 10.1 Å². The van der Waals surface area contributed by atoms with E-state index in [1.807, 2.05) is 30.1 Å². The molecule has 7 nitrogen and oxygen atoms in total. The predicted molar refractivity (Wildman–Crippen MR) is 93.3 cm³/mol. The van der Waals surface area contributed by atoms with Crippen molar-refractivity contribution in [2.75, 3.05) is 31.1 Å². The molecule has 1 fully saturated rings. The normalized spacial score (nSPS) is 15.5. The zero-order chi connectivity index (χ0) is 16.9. The second-order valence-electron chi connectivity index (χ2n) is 5.62. The van der Waals surface area contributed by atoms with Gasteiger partial charge in [0.25, 0.3) is 5.69 Å². The first kappa shape index (κ1) is 15.9. The molecule has 7 heteroatoms. The van der Waals surface area contributed by atoms with Crippen molar-refractivity contribution >= 4 is 17.2 Å². The fourth-order valence-electron chi connectivity index (χ4n) is 2.66. The number of hydrogen-bond acceptors (Lipinski definition) is 6.